The fraction of sp³-hybridized carbons (Fsp3) is 0.333. The van der Waals surface area contributed by atoms with E-state index in [0.717, 1.165) is 24.8 Å². The third-order valence-corrected chi connectivity index (χ3v) is 3.77. The summed E-state index contributed by atoms with van der Waals surface area (Å²) >= 11 is 0. The van der Waals surface area contributed by atoms with Gasteiger partial charge in [0.05, 0.1) is 11.1 Å². The van der Waals surface area contributed by atoms with Gasteiger partial charge < -0.3 is 10.2 Å². The average Bonchev–Trinajstić information content (AvgIpc) is 2.46. The minimum absolute atomic E-state index is 0.0799. The Morgan fingerprint density at radius 2 is 1.64 bits per heavy atom. The summed E-state index contributed by atoms with van der Waals surface area (Å²) in [5, 5.41) is 20.1. The van der Waals surface area contributed by atoms with Crippen molar-refractivity contribution in [2.24, 2.45) is 0 Å². The van der Waals surface area contributed by atoms with Crippen LogP contribution >= 0.6 is 0 Å². The van der Waals surface area contributed by atoms with Gasteiger partial charge in [0, 0.05) is 5.39 Å². The van der Waals surface area contributed by atoms with Crippen LogP contribution in [-0.2, 0) is 12.8 Å². The van der Waals surface area contributed by atoms with Gasteiger partial charge in [0.25, 0.3) is 0 Å². The monoisotopic (exact) mass is 300 g/mol. The van der Waals surface area contributed by atoms with E-state index in [-0.39, 0.29) is 11.1 Å². The standard InChI is InChI=1S/C18H20O4/c1-3-5-11-9-13-8-7-12(6-4-2)16(18(21)22)15(13)14(10-11)17(19)20/h7-10H,3-6H2,1-2H3,(H,19,20)(H,21,22). The van der Waals surface area contributed by atoms with Crippen molar-refractivity contribution in [3.05, 3.63) is 46.5 Å². The highest BCUT2D eigenvalue weighted by Gasteiger charge is 2.20. The van der Waals surface area contributed by atoms with E-state index in [4.69, 9.17) is 0 Å². The Labute approximate surface area is 129 Å². The molecule has 2 aromatic carbocycles. The van der Waals surface area contributed by atoms with Crippen molar-refractivity contribution in [1.29, 1.82) is 0 Å². The number of rotatable bonds is 6. The minimum Gasteiger partial charge on any atom is -0.478 e. The highest BCUT2D eigenvalue weighted by molar-refractivity contribution is 6.13. The van der Waals surface area contributed by atoms with Crippen LogP contribution < -0.4 is 0 Å². The number of hydrogen-bond acceptors (Lipinski definition) is 2. The van der Waals surface area contributed by atoms with Gasteiger partial charge in [-0.1, -0.05) is 44.9 Å². The molecule has 0 heterocycles. The topological polar surface area (TPSA) is 74.6 Å². The zero-order valence-corrected chi connectivity index (χ0v) is 12.8. The van der Waals surface area contributed by atoms with E-state index in [1.165, 1.54) is 0 Å². The first kappa shape index (κ1) is 16.0. The molecule has 116 valence electrons. The van der Waals surface area contributed by atoms with Gasteiger partial charge in [-0.05, 0) is 35.4 Å². The second kappa shape index (κ2) is 6.60. The van der Waals surface area contributed by atoms with Crippen LogP contribution in [0.3, 0.4) is 0 Å². The van der Waals surface area contributed by atoms with Crippen LogP contribution in [0.4, 0.5) is 0 Å². The fourth-order valence-corrected chi connectivity index (χ4v) is 2.89. The summed E-state index contributed by atoms with van der Waals surface area (Å²) in [4.78, 5) is 23.3. The van der Waals surface area contributed by atoms with E-state index >= 15 is 0 Å². The quantitative estimate of drug-likeness (QED) is 0.840. The maximum absolute atomic E-state index is 11.7. The second-order valence-electron chi connectivity index (χ2n) is 5.45. The lowest BCUT2D eigenvalue weighted by atomic mass is 9.91. The third-order valence-electron chi connectivity index (χ3n) is 3.77. The number of aromatic carboxylic acids is 2. The lowest BCUT2D eigenvalue weighted by molar-refractivity contribution is 0.0694. The van der Waals surface area contributed by atoms with Gasteiger partial charge in [-0.3, -0.25) is 0 Å². The number of aryl methyl sites for hydroxylation is 2. The van der Waals surface area contributed by atoms with Gasteiger partial charge in [-0.25, -0.2) is 9.59 Å². The Morgan fingerprint density at radius 3 is 2.18 bits per heavy atom. The Bertz CT molecular complexity index is 731. The van der Waals surface area contributed by atoms with Crippen molar-refractivity contribution in [3.63, 3.8) is 0 Å². The zero-order valence-electron chi connectivity index (χ0n) is 12.8. The molecule has 0 spiro atoms. The molecular weight excluding hydrogens is 280 g/mol. The van der Waals surface area contributed by atoms with Crippen molar-refractivity contribution in [3.8, 4) is 0 Å². The number of hydrogen-bond donors (Lipinski definition) is 2. The van der Waals surface area contributed by atoms with Gasteiger partial charge >= 0.3 is 11.9 Å². The van der Waals surface area contributed by atoms with Crippen LogP contribution in [0.1, 0.15) is 58.5 Å². The number of carboxylic acids is 2. The first-order valence-corrected chi connectivity index (χ1v) is 7.54. The molecule has 0 bridgehead atoms. The van der Waals surface area contributed by atoms with E-state index in [2.05, 4.69) is 0 Å². The summed E-state index contributed by atoms with van der Waals surface area (Å²) in [5.41, 5.74) is 1.82. The molecule has 2 aromatic rings. The summed E-state index contributed by atoms with van der Waals surface area (Å²) < 4.78 is 0. The van der Waals surface area contributed by atoms with Crippen LogP contribution in [0.25, 0.3) is 10.8 Å². The molecule has 22 heavy (non-hydrogen) atoms. The Balaban J connectivity index is 2.86. The summed E-state index contributed by atoms with van der Waals surface area (Å²) in [7, 11) is 0. The highest BCUT2D eigenvalue weighted by Crippen LogP contribution is 2.29. The Kier molecular flexibility index (Phi) is 4.81. The molecule has 2 N–H and O–H groups in total. The van der Waals surface area contributed by atoms with Gasteiger partial charge in [-0.2, -0.15) is 0 Å². The van der Waals surface area contributed by atoms with Crippen LogP contribution in [-0.4, -0.2) is 22.2 Å². The number of carboxylic acid groups (broad SMARTS) is 2. The molecule has 4 heteroatoms. The molecule has 0 saturated heterocycles. The van der Waals surface area contributed by atoms with Crippen LogP contribution in [0.2, 0.25) is 0 Å². The molecule has 0 fully saturated rings. The average molecular weight is 300 g/mol. The minimum atomic E-state index is -1.08. The van der Waals surface area contributed by atoms with E-state index < -0.39 is 11.9 Å². The number of benzene rings is 2. The molecule has 0 radical (unpaired) electrons. The fourth-order valence-electron chi connectivity index (χ4n) is 2.89. The third kappa shape index (κ3) is 2.96. The van der Waals surface area contributed by atoms with Gasteiger partial charge in [0.15, 0.2) is 0 Å². The maximum atomic E-state index is 11.7. The molecule has 2 rings (SSSR count). The van der Waals surface area contributed by atoms with Crippen molar-refractivity contribution < 1.29 is 19.8 Å². The van der Waals surface area contributed by atoms with Crippen LogP contribution in [0, 0.1) is 0 Å². The first-order chi connectivity index (χ1) is 10.5. The van der Waals surface area contributed by atoms with Gasteiger partial charge in [0.1, 0.15) is 0 Å². The molecule has 0 amide bonds. The lowest BCUT2D eigenvalue weighted by Crippen LogP contribution is -2.08. The molecule has 0 atom stereocenters. The zero-order chi connectivity index (χ0) is 16.3. The summed E-state index contributed by atoms with van der Waals surface area (Å²) in [5.74, 6) is -2.15. The molecule has 0 aromatic heterocycles. The predicted octanol–water partition coefficient (Wildman–Crippen LogP) is 4.14. The first-order valence-electron chi connectivity index (χ1n) is 7.54. The van der Waals surface area contributed by atoms with Crippen molar-refractivity contribution in [1.82, 2.24) is 0 Å². The largest absolute Gasteiger partial charge is 0.478 e. The molecule has 0 aliphatic rings. The Morgan fingerprint density at radius 1 is 0.955 bits per heavy atom. The number of carbonyl (C=O) groups is 2. The lowest BCUT2D eigenvalue weighted by Gasteiger charge is -2.13. The SMILES string of the molecule is CCCc1cc(C(=O)O)c2c(C(=O)O)c(CCC)ccc2c1. The smallest absolute Gasteiger partial charge is 0.336 e. The van der Waals surface area contributed by atoms with E-state index in [9.17, 15) is 19.8 Å². The predicted molar refractivity (Wildman–Crippen MR) is 85.9 cm³/mol. The second-order valence-corrected chi connectivity index (χ2v) is 5.45. The summed E-state index contributed by atoms with van der Waals surface area (Å²) in [6.45, 7) is 4.00. The van der Waals surface area contributed by atoms with Crippen molar-refractivity contribution >= 4 is 22.7 Å². The molecule has 0 saturated carbocycles. The molecule has 0 aliphatic carbocycles. The molecule has 0 unspecified atom stereocenters. The van der Waals surface area contributed by atoms with Gasteiger partial charge in [-0.15, -0.1) is 0 Å². The summed E-state index contributed by atoms with van der Waals surface area (Å²) in [6, 6.07) is 7.14. The van der Waals surface area contributed by atoms with Crippen molar-refractivity contribution in [2.75, 3.05) is 0 Å². The van der Waals surface area contributed by atoms with Crippen LogP contribution in [0.15, 0.2) is 24.3 Å². The molecule has 4 nitrogen and oxygen atoms in total. The summed E-state index contributed by atoms with van der Waals surface area (Å²) in [6.07, 6.45) is 3.11. The van der Waals surface area contributed by atoms with E-state index in [1.807, 2.05) is 26.0 Å². The van der Waals surface area contributed by atoms with Crippen LogP contribution in [0.5, 0.6) is 0 Å². The Hall–Kier alpha value is -2.36. The molecule has 0 aliphatic heterocycles. The normalized spacial score (nSPS) is 10.8. The van der Waals surface area contributed by atoms with E-state index in [0.29, 0.717) is 22.8 Å². The number of fused-ring (bicyclic) bond motifs is 1. The van der Waals surface area contributed by atoms with E-state index in [1.54, 1.807) is 12.1 Å². The van der Waals surface area contributed by atoms with Gasteiger partial charge in [0.2, 0.25) is 0 Å². The van der Waals surface area contributed by atoms with Crippen molar-refractivity contribution in [2.45, 2.75) is 39.5 Å². The molecular formula is C18H20O4. The highest BCUT2D eigenvalue weighted by atomic mass is 16.4. The maximum Gasteiger partial charge on any atom is 0.336 e.